The SMILES string of the molecule is Cc1ccc(Br)cc1OC1(CC(=O)O)CCC1. The molecule has 0 spiro atoms. The first-order valence-electron chi connectivity index (χ1n) is 5.68. The molecule has 92 valence electrons. The molecule has 1 aromatic rings. The molecule has 1 N–H and O–H groups in total. The van der Waals surface area contributed by atoms with Gasteiger partial charge in [-0.05, 0) is 43.9 Å². The number of carboxylic acid groups (broad SMARTS) is 1. The Balaban J connectivity index is 2.18. The predicted molar refractivity (Wildman–Crippen MR) is 68.3 cm³/mol. The van der Waals surface area contributed by atoms with Gasteiger partial charge in [0.15, 0.2) is 0 Å². The number of carboxylic acids is 1. The number of aryl methyl sites for hydroxylation is 1. The average molecular weight is 299 g/mol. The van der Waals surface area contributed by atoms with E-state index in [-0.39, 0.29) is 6.42 Å². The van der Waals surface area contributed by atoms with Crippen LogP contribution in [0.25, 0.3) is 0 Å². The molecule has 0 saturated heterocycles. The molecule has 2 rings (SSSR count). The van der Waals surface area contributed by atoms with Gasteiger partial charge >= 0.3 is 5.97 Å². The number of carbonyl (C=O) groups is 1. The van der Waals surface area contributed by atoms with Crippen LogP contribution in [0.1, 0.15) is 31.2 Å². The smallest absolute Gasteiger partial charge is 0.307 e. The van der Waals surface area contributed by atoms with Gasteiger partial charge in [0.25, 0.3) is 0 Å². The van der Waals surface area contributed by atoms with Gasteiger partial charge in [-0.1, -0.05) is 22.0 Å². The Bertz CT molecular complexity index is 438. The molecule has 1 saturated carbocycles. The maximum atomic E-state index is 10.9. The van der Waals surface area contributed by atoms with Gasteiger partial charge in [0.05, 0.1) is 6.42 Å². The van der Waals surface area contributed by atoms with Crippen LogP contribution in [0, 0.1) is 6.92 Å². The van der Waals surface area contributed by atoms with Crippen LogP contribution in [0.4, 0.5) is 0 Å². The lowest BCUT2D eigenvalue weighted by Gasteiger charge is -2.41. The van der Waals surface area contributed by atoms with Gasteiger partial charge in [-0.3, -0.25) is 4.79 Å². The number of rotatable bonds is 4. The highest BCUT2D eigenvalue weighted by Gasteiger charge is 2.41. The second-order valence-corrected chi connectivity index (χ2v) is 5.53. The molecule has 1 aliphatic rings. The molecule has 3 nitrogen and oxygen atoms in total. The number of hydrogen-bond donors (Lipinski definition) is 1. The van der Waals surface area contributed by atoms with Crippen LogP contribution >= 0.6 is 15.9 Å². The monoisotopic (exact) mass is 298 g/mol. The molecule has 1 aliphatic carbocycles. The van der Waals surface area contributed by atoms with E-state index in [1.807, 2.05) is 25.1 Å². The van der Waals surface area contributed by atoms with E-state index in [0.717, 1.165) is 35.0 Å². The summed E-state index contributed by atoms with van der Waals surface area (Å²) in [5.41, 5.74) is 0.544. The lowest BCUT2D eigenvalue weighted by Crippen LogP contribution is -2.45. The lowest BCUT2D eigenvalue weighted by molar-refractivity contribution is -0.144. The van der Waals surface area contributed by atoms with Gasteiger partial charge in [0.1, 0.15) is 11.4 Å². The standard InChI is InChI=1S/C13H15BrO3/c1-9-3-4-10(14)7-11(9)17-13(5-2-6-13)8-12(15)16/h3-4,7H,2,5-6,8H2,1H3,(H,15,16). The number of ether oxygens (including phenoxy) is 1. The molecule has 4 heteroatoms. The fourth-order valence-electron chi connectivity index (χ4n) is 2.08. The zero-order valence-electron chi connectivity index (χ0n) is 9.70. The van der Waals surface area contributed by atoms with E-state index < -0.39 is 11.6 Å². The van der Waals surface area contributed by atoms with Crippen LogP contribution in [-0.2, 0) is 4.79 Å². The molecule has 0 unspecified atom stereocenters. The number of hydrogen-bond acceptors (Lipinski definition) is 2. The molecule has 0 atom stereocenters. The maximum Gasteiger partial charge on any atom is 0.307 e. The van der Waals surface area contributed by atoms with Crippen LogP contribution in [0.3, 0.4) is 0 Å². The summed E-state index contributed by atoms with van der Waals surface area (Å²) in [6.07, 6.45) is 2.77. The first-order valence-corrected chi connectivity index (χ1v) is 6.47. The summed E-state index contributed by atoms with van der Waals surface area (Å²) >= 11 is 3.40. The Labute approximate surface area is 109 Å². The summed E-state index contributed by atoms with van der Waals surface area (Å²) in [5.74, 6) is -0.0160. The first-order chi connectivity index (χ1) is 8.01. The van der Waals surface area contributed by atoms with Crippen LogP contribution < -0.4 is 4.74 Å². The van der Waals surface area contributed by atoms with E-state index in [4.69, 9.17) is 9.84 Å². The van der Waals surface area contributed by atoms with Gasteiger partial charge in [-0.15, -0.1) is 0 Å². The van der Waals surface area contributed by atoms with E-state index in [2.05, 4.69) is 15.9 Å². The second-order valence-electron chi connectivity index (χ2n) is 4.62. The van der Waals surface area contributed by atoms with Gasteiger partial charge in [-0.25, -0.2) is 0 Å². The molecule has 0 aliphatic heterocycles. The molecule has 1 fully saturated rings. The summed E-state index contributed by atoms with van der Waals surface area (Å²) in [6, 6.07) is 5.82. The minimum atomic E-state index is -0.794. The van der Waals surface area contributed by atoms with E-state index in [1.54, 1.807) is 0 Å². The number of aliphatic carboxylic acids is 1. The number of benzene rings is 1. The highest BCUT2D eigenvalue weighted by atomic mass is 79.9. The van der Waals surface area contributed by atoms with Crippen molar-refractivity contribution in [2.75, 3.05) is 0 Å². The van der Waals surface area contributed by atoms with Crippen LogP contribution in [0.15, 0.2) is 22.7 Å². The summed E-state index contributed by atoms with van der Waals surface area (Å²) in [6.45, 7) is 1.97. The van der Waals surface area contributed by atoms with Crippen molar-refractivity contribution in [1.29, 1.82) is 0 Å². The van der Waals surface area contributed by atoms with Crippen molar-refractivity contribution >= 4 is 21.9 Å². The molecule has 0 radical (unpaired) electrons. The normalized spacial score (nSPS) is 17.3. The minimum Gasteiger partial charge on any atom is -0.486 e. The maximum absolute atomic E-state index is 10.9. The van der Waals surface area contributed by atoms with E-state index in [9.17, 15) is 4.79 Å². The summed E-state index contributed by atoms with van der Waals surface area (Å²) in [7, 11) is 0. The van der Waals surface area contributed by atoms with Crippen molar-refractivity contribution in [2.24, 2.45) is 0 Å². The van der Waals surface area contributed by atoms with E-state index in [0.29, 0.717) is 0 Å². The lowest BCUT2D eigenvalue weighted by atomic mass is 9.77. The van der Waals surface area contributed by atoms with Crippen molar-refractivity contribution in [2.45, 2.75) is 38.2 Å². The van der Waals surface area contributed by atoms with Crippen LogP contribution in [0.5, 0.6) is 5.75 Å². The molecular weight excluding hydrogens is 284 g/mol. The Morgan fingerprint density at radius 1 is 1.53 bits per heavy atom. The fourth-order valence-corrected chi connectivity index (χ4v) is 2.42. The van der Waals surface area contributed by atoms with Gasteiger partial charge in [-0.2, -0.15) is 0 Å². The van der Waals surface area contributed by atoms with Gasteiger partial charge < -0.3 is 9.84 Å². The predicted octanol–water partition coefficient (Wildman–Crippen LogP) is 3.53. The van der Waals surface area contributed by atoms with E-state index >= 15 is 0 Å². The van der Waals surface area contributed by atoms with Crippen molar-refractivity contribution in [1.82, 2.24) is 0 Å². The van der Waals surface area contributed by atoms with E-state index in [1.165, 1.54) is 0 Å². The fraction of sp³-hybridized carbons (Fsp3) is 0.462. The topological polar surface area (TPSA) is 46.5 Å². The zero-order valence-corrected chi connectivity index (χ0v) is 11.3. The third-order valence-electron chi connectivity index (χ3n) is 3.21. The zero-order chi connectivity index (χ0) is 12.5. The molecule has 0 amide bonds. The number of halogens is 1. The molecule has 17 heavy (non-hydrogen) atoms. The highest BCUT2D eigenvalue weighted by Crippen LogP contribution is 2.40. The highest BCUT2D eigenvalue weighted by molar-refractivity contribution is 9.10. The Morgan fingerprint density at radius 2 is 2.24 bits per heavy atom. The van der Waals surface area contributed by atoms with Crippen molar-refractivity contribution in [3.8, 4) is 5.75 Å². The van der Waals surface area contributed by atoms with Gasteiger partial charge in [0, 0.05) is 4.47 Å². The second kappa shape index (κ2) is 4.69. The minimum absolute atomic E-state index is 0.0823. The third kappa shape index (κ3) is 2.80. The Morgan fingerprint density at radius 3 is 2.76 bits per heavy atom. The largest absolute Gasteiger partial charge is 0.486 e. The molecule has 0 aromatic heterocycles. The summed E-state index contributed by atoms with van der Waals surface area (Å²) in [5, 5.41) is 8.93. The molecule has 1 aromatic carbocycles. The molecule has 0 heterocycles. The van der Waals surface area contributed by atoms with Gasteiger partial charge in [0.2, 0.25) is 0 Å². The van der Waals surface area contributed by atoms with Crippen molar-refractivity contribution in [3.63, 3.8) is 0 Å². The van der Waals surface area contributed by atoms with Crippen molar-refractivity contribution < 1.29 is 14.6 Å². The molecule has 0 bridgehead atoms. The first kappa shape index (κ1) is 12.4. The molecular formula is C13H15BrO3. The Kier molecular flexibility index (Phi) is 3.43. The summed E-state index contributed by atoms with van der Waals surface area (Å²) in [4.78, 5) is 10.9. The average Bonchev–Trinajstić information content (AvgIpc) is 2.19. The van der Waals surface area contributed by atoms with Crippen LogP contribution in [-0.4, -0.2) is 16.7 Å². The Hall–Kier alpha value is -1.03. The quantitative estimate of drug-likeness (QED) is 0.925. The van der Waals surface area contributed by atoms with Crippen LogP contribution in [0.2, 0.25) is 0 Å². The van der Waals surface area contributed by atoms with Crippen molar-refractivity contribution in [3.05, 3.63) is 28.2 Å². The third-order valence-corrected chi connectivity index (χ3v) is 3.71. The summed E-state index contributed by atoms with van der Waals surface area (Å²) < 4.78 is 6.90.